The van der Waals surface area contributed by atoms with Gasteiger partial charge in [0.2, 0.25) is 0 Å². The summed E-state index contributed by atoms with van der Waals surface area (Å²) in [6, 6.07) is 5.81. The Bertz CT molecular complexity index is 673. The SMILES string of the molecule is COCC1(c2ccc(Cl)c(Cl)c2)C2CCN(C(=O)OC(C)(C)C)CC21. The molecule has 6 heteroatoms. The van der Waals surface area contributed by atoms with Gasteiger partial charge < -0.3 is 14.4 Å². The maximum absolute atomic E-state index is 12.4. The molecule has 1 aliphatic carbocycles. The van der Waals surface area contributed by atoms with Crippen molar-refractivity contribution in [1.82, 2.24) is 4.90 Å². The van der Waals surface area contributed by atoms with Crippen LogP contribution in [0.15, 0.2) is 18.2 Å². The van der Waals surface area contributed by atoms with Gasteiger partial charge in [-0.15, -0.1) is 0 Å². The number of likely N-dealkylation sites (tertiary alicyclic amines) is 1. The van der Waals surface area contributed by atoms with Crippen molar-refractivity contribution < 1.29 is 14.3 Å². The highest BCUT2D eigenvalue weighted by atomic mass is 35.5. The van der Waals surface area contributed by atoms with Gasteiger partial charge in [0.05, 0.1) is 16.7 Å². The molecule has 1 aliphatic heterocycles. The van der Waals surface area contributed by atoms with Crippen molar-refractivity contribution in [3.63, 3.8) is 0 Å². The minimum absolute atomic E-state index is 0.0975. The van der Waals surface area contributed by atoms with Crippen molar-refractivity contribution in [2.45, 2.75) is 38.2 Å². The van der Waals surface area contributed by atoms with Crippen molar-refractivity contribution in [2.75, 3.05) is 26.8 Å². The number of hydrogen-bond acceptors (Lipinski definition) is 3. The topological polar surface area (TPSA) is 38.8 Å². The van der Waals surface area contributed by atoms with Gasteiger partial charge >= 0.3 is 6.09 Å². The van der Waals surface area contributed by atoms with Crippen LogP contribution in [0.25, 0.3) is 0 Å². The number of ether oxygens (including phenoxy) is 2. The summed E-state index contributed by atoms with van der Waals surface area (Å²) in [5.41, 5.74) is 0.565. The molecule has 4 nitrogen and oxygen atoms in total. The third-order valence-electron chi connectivity index (χ3n) is 5.32. The lowest BCUT2D eigenvalue weighted by Gasteiger charge is -2.29. The van der Waals surface area contributed by atoms with Gasteiger partial charge in [-0.05, 0) is 56.7 Å². The van der Waals surface area contributed by atoms with Crippen LogP contribution in [0.4, 0.5) is 4.79 Å². The molecule has 0 bridgehead atoms. The molecule has 3 rings (SSSR count). The number of carbonyl (C=O) groups excluding carboxylic acids is 1. The molecule has 1 saturated heterocycles. The van der Waals surface area contributed by atoms with Crippen LogP contribution in [0.1, 0.15) is 32.8 Å². The molecule has 3 atom stereocenters. The number of halogens is 2. The van der Waals surface area contributed by atoms with Crippen molar-refractivity contribution in [1.29, 1.82) is 0 Å². The van der Waals surface area contributed by atoms with Crippen molar-refractivity contribution in [3.05, 3.63) is 33.8 Å². The minimum Gasteiger partial charge on any atom is -0.444 e. The first kappa shape index (κ1) is 18.8. The average molecular weight is 386 g/mol. The molecule has 0 aromatic heterocycles. The number of benzene rings is 1. The van der Waals surface area contributed by atoms with Gasteiger partial charge in [-0.3, -0.25) is 0 Å². The van der Waals surface area contributed by atoms with Crippen LogP contribution in [0.2, 0.25) is 10.0 Å². The van der Waals surface area contributed by atoms with E-state index in [0.29, 0.717) is 41.6 Å². The highest BCUT2D eigenvalue weighted by Crippen LogP contribution is 2.64. The quantitative estimate of drug-likeness (QED) is 0.752. The van der Waals surface area contributed by atoms with E-state index in [-0.39, 0.29) is 11.5 Å². The molecule has 1 aromatic carbocycles. The van der Waals surface area contributed by atoms with Crippen LogP contribution in [0, 0.1) is 11.8 Å². The number of hydrogen-bond donors (Lipinski definition) is 0. The second kappa shape index (κ2) is 6.64. The molecular formula is C19H25Cl2NO3. The van der Waals surface area contributed by atoms with Crippen molar-refractivity contribution in [2.24, 2.45) is 11.8 Å². The summed E-state index contributed by atoms with van der Waals surface area (Å²) < 4.78 is 11.1. The Kier molecular flexibility index (Phi) is 5.00. The van der Waals surface area contributed by atoms with Crippen molar-refractivity contribution in [3.8, 4) is 0 Å². The summed E-state index contributed by atoms with van der Waals surface area (Å²) in [5, 5.41) is 1.11. The number of fused-ring (bicyclic) bond motifs is 1. The molecule has 0 spiro atoms. The lowest BCUT2D eigenvalue weighted by Crippen LogP contribution is -2.40. The Morgan fingerprint density at radius 1 is 1.28 bits per heavy atom. The molecule has 1 saturated carbocycles. The van der Waals surface area contributed by atoms with Crippen molar-refractivity contribution >= 4 is 29.3 Å². The van der Waals surface area contributed by atoms with Crippen LogP contribution in [0.5, 0.6) is 0 Å². The van der Waals surface area contributed by atoms with E-state index in [2.05, 4.69) is 0 Å². The number of carbonyl (C=O) groups is 1. The Balaban J connectivity index is 1.80. The van der Waals surface area contributed by atoms with E-state index >= 15 is 0 Å². The lowest BCUT2D eigenvalue weighted by molar-refractivity contribution is 0.0205. The smallest absolute Gasteiger partial charge is 0.410 e. The first-order valence-corrected chi connectivity index (χ1v) is 9.37. The summed E-state index contributed by atoms with van der Waals surface area (Å²) in [4.78, 5) is 14.2. The van der Waals surface area contributed by atoms with E-state index in [9.17, 15) is 4.79 Å². The molecule has 25 heavy (non-hydrogen) atoms. The average Bonchev–Trinajstić information content (AvgIpc) is 3.16. The Hall–Kier alpha value is -0.970. The van der Waals surface area contributed by atoms with E-state index < -0.39 is 5.60 Å². The van der Waals surface area contributed by atoms with Crippen LogP contribution in [0.3, 0.4) is 0 Å². The third kappa shape index (κ3) is 3.49. The predicted octanol–water partition coefficient (Wildman–Crippen LogP) is 4.76. The molecular weight excluding hydrogens is 361 g/mol. The Labute approximate surface area is 159 Å². The molecule has 3 unspecified atom stereocenters. The largest absolute Gasteiger partial charge is 0.444 e. The zero-order valence-electron chi connectivity index (χ0n) is 15.1. The fraction of sp³-hybridized carbons (Fsp3) is 0.632. The van der Waals surface area contributed by atoms with Crippen LogP contribution in [-0.4, -0.2) is 43.4 Å². The molecule has 1 heterocycles. The second-order valence-electron chi connectivity index (χ2n) is 8.03. The molecule has 1 amide bonds. The third-order valence-corrected chi connectivity index (χ3v) is 6.06. The zero-order chi connectivity index (χ0) is 18.4. The van der Waals surface area contributed by atoms with Crippen LogP contribution < -0.4 is 0 Å². The normalized spacial score (nSPS) is 28.5. The monoisotopic (exact) mass is 385 g/mol. The lowest BCUT2D eigenvalue weighted by atomic mass is 9.92. The van der Waals surface area contributed by atoms with Gasteiger partial charge in [-0.1, -0.05) is 29.3 Å². The van der Waals surface area contributed by atoms with E-state index in [4.69, 9.17) is 32.7 Å². The minimum atomic E-state index is -0.481. The fourth-order valence-corrected chi connectivity index (χ4v) is 4.52. The Morgan fingerprint density at radius 2 is 2.00 bits per heavy atom. The van der Waals surface area contributed by atoms with Gasteiger partial charge in [-0.2, -0.15) is 0 Å². The number of nitrogens with zero attached hydrogens (tertiary/aromatic N) is 1. The summed E-state index contributed by atoms with van der Waals surface area (Å²) in [5.74, 6) is 0.842. The molecule has 0 radical (unpaired) electrons. The second-order valence-corrected chi connectivity index (χ2v) is 8.84. The molecule has 2 fully saturated rings. The maximum Gasteiger partial charge on any atom is 0.410 e. The van der Waals surface area contributed by atoms with Crippen LogP contribution in [-0.2, 0) is 14.9 Å². The highest BCUT2D eigenvalue weighted by molar-refractivity contribution is 6.42. The maximum atomic E-state index is 12.4. The van der Waals surface area contributed by atoms with Gasteiger partial charge in [0.25, 0.3) is 0 Å². The van der Waals surface area contributed by atoms with Gasteiger partial charge in [0, 0.05) is 25.6 Å². The van der Waals surface area contributed by atoms with E-state index in [1.165, 1.54) is 0 Å². The zero-order valence-corrected chi connectivity index (χ0v) is 16.7. The van der Waals surface area contributed by atoms with Gasteiger partial charge in [0.1, 0.15) is 5.60 Å². The molecule has 2 aliphatic rings. The van der Waals surface area contributed by atoms with E-state index in [0.717, 1.165) is 12.0 Å². The number of piperidine rings is 1. The van der Waals surface area contributed by atoms with E-state index in [1.54, 1.807) is 7.11 Å². The first-order valence-electron chi connectivity index (χ1n) is 8.61. The van der Waals surface area contributed by atoms with E-state index in [1.807, 2.05) is 43.9 Å². The van der Waals surface area contributed by atoms with Crippen LogP contribution >= 0.6 is 23.2 Å². The fourth-order valence-electron chi connectivity index (χ4n) is 4.22. The first-order chi connectivity index (χ1) is 11.7. The number of amides is 1. The summed E-state index contributed by atoms with van der Waals surface area (Å²) in [6.07, 6.45) is 0.700. The highest BCUT2D eigenvalue weighted by Gasteiger charge is 2.67. The number of methoxy groups -OCH3 is 1. The predicted molar refractivity (Wildman–Crippen MR) is 99.4 cm³/mol. The number of rotatable bonds is 3. The molecule has 1 aromatic rings. The molecule has 0 N–H and O–H groups in total. The van der Waals surface area contributed by atoms with Gasteiger partial charge in [0.15, 0.2) is 0 Å². The standard InChI is InChI=1S/C19H25Cl2NO3/c1-18(2,3)25-17(23)22-8-7-13-14(10-22)19(13,11-24-4)12-5-6-15(20)16(21)9-12/h5-6,9,13-14H,7-8,10-11H2,1-4H3. The summed E-state index contributed by atoms with van der Waals surface area (Å²) in [6.45, 7) is 7.67. The Morgan fingerprint density at radius 3 is 2.60 bits per heavy atom. The van der Waals surface area contributed by atoms with Gasteiger partial charge in [-0.25, -0.2) is 4.79 Å². The summed E-state index contributed by atoms with van der Waals surface area (Å²) in [7, 11) is 1.72. The summed E-state index contributed by atoms with van der Waals surface area (Å²) >= 11 is 12.3. The molecule has 138 valence electrons.